The predicted molar refractivity (Wildman–Crippen MR) is 99.3 cm³/mol. The van der Waals surface area contributed by atoms with Crippen molar-refractivity contribution in [1.29, 1.82) is 0 Å². The number of nitrogens with one attached hydrogen (secondary N) is 1. The van der Waals surface area contributed by atoms with Crippen LogP contribution < -0.4 is 5.73 Å². The molecular formula is C19H26ClN3O. The highest BCUT2D eigenvalue weighted by Gasteiger charge is 2.42. The molecule has 1 aliphatic carbocycles. The summed E-state index contributed by atoms with van der Waals surface area (Å²) in [5.74, 6) is 1.52. The molecule has 4 rings (SSSR count). The number of aromatic amines is 1. The van der Waals surface area contributed by atoms with Crippen LogP contribution in [0.1, 0.15) is 31.2 Å². The first-order valence-electron chi connectivity index (χ1n) is 8.80. The van der Waals surface area contributed by atoms with E-state index < -0.39 is 0 Å². The van der Waals surface area contributed by atoms with Crippen LogP contribution in [0.25, 0.3) is 10.9 Å². The summed E-state index contributed by atoms with van der Waals surface area (Å²) in [6, 6.07) is 8.66. The minimum Gasteiger partial charge on any atom is -0.361 e. The van der Waals surface area contributed by atoms with Gasteiger partial charge in [0.1, 0.15) is 0 Å². The van der Waals surface area contributed by atoms with Crippen molar-refractivity contribution in [3.63, 3.8) is 0 Å². The highest BCUT2D eigenvalue weighted by atomic mass is 35.5. The van der Waals surface area contributed by atoms with E-state index in [0.29, 0.717) is 30.2 Å². The van der Waals surface area contributed by atoms with Crippen LogP contribution in [-0.4, -0.2) is 34.9 Å². The number of fused-ring (bicyclic) bond motifs is 2. The van der Waals surface area contributed by atoms with Crippen LogP contribution in [0.3, 0.4) is 0 Å². The maximum Gasteiger partial charge on any atom is 0.222 e. The van der Waals surface area contributed by atoms with Gasteiger partial charge in [-0.15, -0.1) is 12.4 Å². The summed E-state index contributed by atoms with van der Waals surface area (Å²) in [5, 5.41) is 1.28. The quantitative estimate of drug-likeness (QED) is 0.892. The third-order valence-corrected chi connectivity index (χ3v) is 5.78. The molecule has 1 aliphatic heterocycles. The van der Waals surface area contributed by atoms with Crippen molar-refractivity contribution >= 4 is 29.2 Å². The molecule has 3 unspecified atom stereocenters. The van der Waals surface area contributed by atoms with Gasteiger partial charge in [-0.25, -0.2) is 0 Å². The number of hydrogen-bond donors (Lipinski definition) is 2. The number of rotatable bonds is 4. The fourth-order valence-corrected chi connectivity index (χ4v) is 4.44. The molecule has 2 aromatic rings. The van der Waals surface area contributed by atoms with Gasteiger partial charge in [0, 0.05) is 42.7 Å². The monoisotopic (exact) mass is 347 g/mol. The van der Waals surface area contributed by atoms with E-state index in [1.807, 2.05) is 6.07 Å². The molecule has 1 aromatic carbocycles. The Bertz CT molecular complexity index is 713. The second-order valence-electron chi connectivity index (χ2n) is 7.18. The van der Waals surface area contributed by atoms with Crippen molar-refractivity contribution < 1.29 is 4.79 Å². The van der Waals surface area contributed by atoms with Gasteiger partial charge >= 0.3 is 0 Å². The third-order valence-electron chi connectivity index (χ3n) is 5.78. The van der Waals surface area contributed by atoms with E-state index >= 15 is 0 Å². The molecule has 1 saturated heterocycles. The topological polar surface area (TPSA) is 62.1 Å². The normalized spacial score (nSPS) is 25.7. The van der Waals surface area contributed by atoms with Gasteiger partial charge in [0.15, 0.2) is 0 Å². The van der Waals surface area contributed by atoms with E-state index in [1.165, 1.54) is 22.9 Å². The zero-order valence-electron chi connectivity index (χ0n) is 13.9. The standard InChI is InChI=1S/C19H25N3O.ClH/c20-17-9-8-14-11-22(12-16(14)17)19(23)7-3-4-13-10-21-18-6-2-1-5-15(13)18;/h1-2,5-6,10,14,16-17,21H,3-4,7-9,11-12,20H2;1H. The van der Waals surface area contributed by atoms with Gasteiger partial charge in [-0.2, -0.15) is 0 Å². The fourth-order valence-electron chi connectivity index (χ4n) is 4.44. The Kier molecular flexibility index (Phi) is 5.16. The van der Waals surface area contributed by atoms with Gasteiger partial charge in [-0.3, -0.25) is 4.79 Å². The number of benzene rings is 1. The Labute approximate surface area is 149 Å². The number of halogens is 1. The van der Waals surface area contributed by atoms with E-state index in [1.54, 1.807) is 0 Å². The lowest BCUT2D eigenvalue weighted by Crippen LogP contribution is -2.33. The Hall–Kier alpha value is -1.52. The predicted octanol–water partition coefficient (Wildman–Crippen LogP) is 3.11. The number of H-pyrrole nitrogens is 1. The maximum atomic E-state index is 12.5. The molecule has 0 radical (unpaired) electrons. The summed E-state index contributed by atoms with van der Waals surface area (Å²) in [4.78, 5) is 17.8. The molecule has 2 heterocycles. The Morgan fingerprint density at radius 3 is 2.92 bits per heavy atom. The summed E-state index contributed by atoms with van der Waals surface area (Å²) in [6.45, 7) is 1.82. The second-order valence-corrected chi connectivity index (χ2v) is 7.18. The SMILES string of the molecule is Cl.NC1CCC2CN(C(=O)CCCc3c[nH]c4ccccc34)CC12. The molecule has 3 N–H and O–H groups in total. The molecule has 5 heteroatoms. The molecule has 3 atom stereocenters. The van der Waals surface area contributed by atoms with Crippen molar-refractivity contribution in [1.82, 2.24) is 9.88 Å². The average Bonchev–Trinajstić information content (AvgIpc) is 3.24. The average molecular weight is 348 g/mol. The number of likely N-dealkylation sites (tertiary alicyclic amines) is 1. The van der Waals surface area contributed by atoms with Crippen LogP contribution in [0.5, 0.6) is 0 Å². The summed E-state index contributed by atoms with van der Waals surface area (Å²) >= 11 is 0. The molecule has 2 fully saturated rings. The number of aryl methyl sites for hydroxylation is 1. The molecule has 24 heavy (non-hydrogen) atoms. The fraction of sp³-hybridized carbons (Fsp3) is 0.526. The van der Waals surface area contributed by atoms with Crippen molar-refractivity contribution in [2.24, 2.45) is 17.6 Å². The van der Waals surface area contributed by atoms with Crippen LogP contribution in [0.2, 0.25) is 0 Å². The van der Waals surface area contributed by atoms with Crippen LogP contribution in [0.4, 0.5) is 0 Å². The van der Waals surface area contributed by atoms with Gasteiger partial charge in [-0.05, 0) is 49.1 Å². The molecule has 130 valence electrons. The van der Waals surface area contributed by atoms with Gasteiger partial charge in [0.05, 0.1) is 0 Å². The molecular weight excluding hydrogens is 322 g/mol. The molecule has 0 bridgehead atoms. The van der Waals surface area contributed by atoms with Gasteiger partial charge in [0.25, 0.3) is 0 Å². The molecule has 2 aliphatic rings. The maximum absolute atomic E-state index is 12.5. The lowest BCUT2D eigenvalue weighted by molar-refractivity contribution is -0.130. The minimum absolute atomic E-state index is 0. The number of aromatic nitrogens is 1. The van der Waals surface area contributed by atoms with E-state index in [0.717, 1.165) is 32.4 Å². The smallest absolute Gasteiger partial charge is 0.222 e. The first-order chi connectivity index (χ1) is 11.2. The van der Waals surface area contributed by atoms with Crippen LogP contribution in [0, 0.1) is 11.8 Å². The zero-order chi connectivity index (χ0) is 15.8. The highest BCUT2D eigenvalue weighted by Crippen LogP contribution is 2.37. The molecule has 1 saturated carbocycles. The number of nitrogens with two attached hydrogens (primary N) is 1. The summed E-state index contributed by atoms with van der Waals surface area (Å²) in [7, 11) is 0. The number of carbonyl (C=O) groups excluding carboxylic acids is 1. The number of carbonyl (C=O) groups is 1. The number of para-hydroxylation sites is 1. The van der Waals surface area contributed by atoms with Crippen molar-refractivity contribution in [3.8, 4) is 0 Å². The van der Waals surface area contributed by atoms with Gasteiger partial charge < -0.3 is 15.6 Å². The lowest BCUT2D eigenvalue weighted by Gasteiger charge is -2.18. The number of nitrogens with zero attached hydrogens (tertiary/aromatic N) is 1. The van der Waals surface area contributed by atoms with E-state index in [-0.39, 0.29) is 12.4 Å². The number of amides is 1. The largest absolute Gasteiger partial charge is 0.361 e. The lowest BCUT2D eigenvalue weighted by atomic mass is 9.98. The minimum atomic E-state index is 0. The van der Waals surface area contributed by atoms with Crippen molar-refractivity contribution in [3.05, 3.63) is 36.0 Å². The summed E-state index contributed by atoms with van der Waals surface area (Å²) in [5.41, 5.74) is 8.65. The second kappa shape index (κ2) is 7.16. The van der Waals surface area contributed by atoms with E-state index in [9.17, 15) is 4.79 Å². The van der Waals surface area contributed by atoms with Crippen molar-refractivity contribution in [2.75, 3.05) is 13.1 Å². The first-order valence-corrected chi connectivity index (χ1v) is 8.80. The Morgan fingerprint density at radius 1 is 1.25 bits per heavy atom. The van der Waals surface area contributed by atoms with Gasteiger partial charge in [-0.1, -0.05) is 18.2 Å². The Morgan fingerprint density at radius 2 is 2.08 bits per heavy atom. The summed E-state index contributed by atoms with van der Waals surface area (Å²) in [6.07, 6.45) is 6.93. The van der Waals surface area contributed by atoms with Crippen LogP contribution >= 0.6 is 12.4 Å². The Balaban J connectivity index is 0.00000169. The molecule has 0 spiro atoms. The highest BCUT2D eigenvalue weighted by molar-refractivity contribution is 5.85. The van der Waals surface area contributed by atoms with Crippen molar-refractivity contribution in [2.45, 2.75) is 38.1 Å². The van der Waals surface area contributed by atoms with Crippen LogP contribution in [0.15, 0.2) is 30.5 Å². The van der Waals surface area contributed by atoms with E-state index in [4.69, 9.17) is 5.73 Å². The number of hydrogen-bond acceptors (Lipinski definition) is 2. The van der Waals surface area contributed by atoms with E-state index in [2.05, 4.69) is 34.3 Å². The van der Waals surface area contributed by atoms with Crippen LogP contribution in [-0.2, 0) is 11.2 Å². The third kappa shape index (κ3) is 3.17. The summed E-state index contributed by atoms with van der Waals surface area (Å²) < 4.78 is 0. The molecule has 1 amide bonds. The molecule has 4 nitrogen and oxygen atoms in total. The zero-order valence-corrected chi connectivity index (χ0v) is 14.7. The first kappa shape index (κ1) is 17.3. The molecule has 1 aromatic heterocycles. The van der Waals surface area contributed by atoms with Gasteiger partial charge in [0.2, 0.25) is 5.91 Å².